The topological polar surface area (TPSA) is 72.9 Å². The highest BCUT2D eigenvalue weighted by Crippen LogP contribution is 2.23. The Morgan fingerprint density at radius 3 is 2.95 bits per heavy atom. The number of nitrogens with zero attached hydrogens (tertiary/aromatic N) is 6. The second kappa shape index (κ2) is 5.05. The summed E-state index contributed by atoms with van der Waals surface area (Å²) >= 11 is 1.59. The fourth-order valence-electron chi connectivity index (χ4n) is 2.73. The number of aryl methyl sites for hydroxylation is 2. The Kier molecular flexibility index (Phi) is 3.14. The normalized spacial score (nSPS) is 18.1. The molecule has 8 heteroatoms. The molecule has 0 spiro atoms. The van der Waals surface area contributed by atoms with Gasteiger partial charge in [0.25, 0.3) is 0 Å². The van der Waals surface area contributed by atoms with Crippen LogP contribution in [0.2, 0.25) is 0 Å². The molecule has 3 aromatic heterocycles. The van der Waals surface area contributed by atoms with E-state index >= 15 is 0 Å². The van der Waals surface area contributed by atoms with Gasteiger partial charge < -0.3 is 5.32 Å². The Bertz CT molecular complexity index is 781. The predicted octanol–water partition coefficient (Wildman–Crippen LogP) is 2.24. The van der Waals surface area contributed by atoms with Gasteiger partial charge in [-0.3, -0.25) is 0 Å². The minimum atomic E-state index is 0.339. The van der Waals surface area contributed by atoms with Gasteiger partial charge in [-0.2, -0.15) is 5.10 Å². The van der Waals surface area contributed by atoms with E-state index in [1.54, 1.807) is 11.3 Å². The van der Waals surface area contributed by atoms with Crippen molar-refractivity contribution < 1.29 is 0 Å². The highest BCUT2D eigenvalue weighted by atomic mass is 32.1. The summed E-state index contributed by atoms with van der Waals surface area (Å²) in [5, 5.41) is 13.6. The van der Waals surface area contributed by atoms with Crippen LogP contribution in [-0.4, -0.2) is 35.4 Å². The van der Waals surface area contributed by atoms with Gasteiger partial charge in [-0.05, 0) is 13.3 Å². The van der Waals surface area contributed by atoms with Crippen molar-refractivity contribution in [2.75, 3.05) is 5.32 Å². The Morgan fingerprint density at radius 1 is 1.32 bits per heavy atom. The molecule has 116 valence electrons. The zero-order valence-corrected chi connectivity index (χ0v) is 13.8. The van der Waals surface area contributed by atoms with Crippen LogP contribution in [0.25, 0.3) is 4.96 Å². The largest absolute Gasteiger partial charge is 0.355 e. The van der Waals surface area contributed by atoms with E-state index in [0.29, 0.717) is 12.0 Å². The number of hydrogen-bond donors (Lipinski definition) is 1. The third kappa shape index (κ3) is 2.37. The summed E-state index contributed by atoms with van der Waals surface area (Å²) < 4.78 is 3.88. The molecule has 0 fully saturated rings. The Morgan fingerprint density at radius 2 is 2.18 bits per heavy atom. The molecular formula is C14H19N7S. The van der Waals surface area contributed by atoms with Gasteiger partial charge in [0.2, 0.25) is 10.1 Å². The van der Waals surface area contributed by atoms with Gasteiger partial charge >= 0.3 is 0 Å². The number of aromatic nitrogens is 6. The van der Waals surface area contributed by atoms with Crippen molar-refractivity contribution in [2.24, 2.45) is 0 Å². The van der Waals surface area contributed by atoms with Crippen LogP contribution in [0.15, 0.2) is 6.20 Å². The average Bonchev–Trinajstić information content (AvgIpc) is 3.10. The zero-order chi connectivity index (χ0) is 15.3. The fraction of sp³-hybridized carbons (Fsp3) is 0.571. The van der Waals surface area contributed by atoms with Gasteiger partial charge in [0.1, 0.15) is 5.82 Å². The van der Waals surface area contributed by atoms with E-state index in [4.69, 9.17) is 0 Å². The molecule has 1 atom stereocenters. The molecular weight excluding hydrogens is 298 g/mol. The van der Waals surface area contributed by atoms with E-state index in [-0.39, 0.29) is 0 Å². The molecule has 1 N–H and O–H groups in total. The highest BCUT2D eigenvalue weighted by Gasteiger charge is 2.23. The molecule has 7 nitrogen and oxygen atoms in total. The molecule has 0 unspecified atom stereocenters. The molecule has 0 bridgehead atoms. The lowest BCUT2D eigenvalue weighted by Gasteiger charge is -2.22. The van der Waals surface area contributed by atoms with Crippen LogP contribution in [-0.2, 0) is 13.0 Å². The Labute approximate surface area is 132 Å². The minimum absolute atomic E-state index is 0.339. The van der Waals surface area contributed by atoms with Crippen molar-refractivity contribution in [3.8, 4) is 0 Å². The van der Waals surface area contributed by atoms with Crippen LogP contribution in [0, 0.1) is 6.92 Å². The summed E-state index contributed by atoms with van der Waals surface area (Å²) in [7, 11) is 0. The summed E-state index contributed by atoms with van der Waals surface area (Å²) in [5.41, 5.74) is 0.997. The summed E-state index contributed by atoms with van der Waals surface area (Å²) in [6, 6.07) is 0.339. The molecule has 0 saturated heterocycles. The quantitative estimate of drug-likeness (QED) is 0.802. The van der Waals surface area contributed by atoms with E-state index in [0.717, 1.165) is 46.8 Å². The lowest BCUT2D eigenvalue weighted by atomic mass is 10.1. The number of nitrogens with one attached hydrogen (secondary N) is 1. The Hall–Kier alpha value is -1.96. The van der Waals surface area contributed by atoms with Crippen LogP contribution in [0.4, 0.5) is 5.13 Å². The van der Waals surface area contributed by atoms with Crippen molar-refractivity contribution in [2.45, 2.75) is 52.1 Å². The molecule has 1 aliphatic heterocycles. The second-order valence-electron chi connectivity index (χ2n) is 6.12. The first-order chi connectivity index (χ1) is 10.6. The van der Waals surface area contributed by atoms with Gasteiger partial charge in [0, 0.05) is 18.4 Å². The highest BCUT2D eigenvalue weighted by molar-refractivity contribution is 7.20. The summed E-state index contributed by atoms with van der Waals surface area (Å²) in [5.74, 6) is 2.42. The van der Waals surface area contributed by atoms with Crippen molar-refractivity contribution in [1.29, 1.82) is 0 Å². The van der Waals surface area contributed by atoms with Gasteiger partial charge in [0.15, 0.2) is 5.82 Å². The van der Waals surface area contributed by atoms with Crippen molar-refractivity contribution >= 4 is 21.4 Å². The van der Waals surface area contributed by atoms with Crippen LogP contribution >= 0.6 is 11.3 Å². The zero-order valence-electron chi connectivity index (χ0n) is 12.9. The molecule has 0 aliphatic carbocycles. The molecule has 0 aromatic carbocycles. The van der Waals surface area contributed by atoms with E-state index in [1.165, 1.54) is 0 Å². The van der Waals surface area contributed by atoms with Gasteiger partial charge in [0.05, 0.1) is 18.4 Å². The monoisotopic (exact) mass is 317 g/mol. The molecule has 0 amide bonds. The Balaban J connectivity index is 1.50. The molecule has 0 saturated carbocycles. The van der Waals surface area contributed by atoms with Crippen molar-refractivity contribution in [1.82, 2.24) is 29.4 Å². The molecule has 3 aromatic rings. The van der Waals surface area contributed by atoms with E-state index in [9.17, 15) is 0 Å². The second-order valence-corrected chi connectivity index (χ2v) is 7.08. The van der Waals surface area contributed by atoms with Crippen LogP contribution in [0.3, 0.4) is 0 Å². The maximum atomic E-state index is 4.62. The van der Waals surface area contributed by atoms with Gasteiger partial charge in [-0.25, -0.2) is 19.2 Å². The molecule has 1 aliphatic rings. The fourth-order valence-corrected chi connectivity index (χ4v) is 3.64. The van der Waals surface area contributed by atoms with Crippen molar-refractivity contribution in [3.63, 3.8) is 0 Å². The van der Waals surface area contributed by atoms with Crippen LogP contribution in [0.1, 0.15) is 43.5 Å². The first kappa shape index (κ1) is 13.7. The maximum Gasteiger partial charge on any atom is 0.214 e. The third-order valence-corrected chi connectivity index (χ3v) is 4.74. The van der Waals surface area contributed by atoms with Crippen LogP contribution < -0.4 is 5.32 Å². The van der Waals surface area contributed by atoms with Gasteiger partial charge in [-0.15, -0.1) is 5.10 Å². The van der Waals surface area contributed by atoms with Crippen molar-refractivity contribution in [3.05, 3.63) is 23.5 Å². The summed E-state index contributed by atoms with van der Waals surface area (Å²) in [6.07, 6.45) is 3.96. The number of rotatable bonds is 3. The lowest BCUT2D eigenvalue weighted by Crippen LogP contribution is -2.32. The molecule has 0 radical (unpaired) electrons. The SMILES string of the molecule is Cc1cn2nc(N[C@@H]3CCc4nc(C(C)C)nn4C3)sc2n1. The minimum Gasteiger partial charge on any atom is -0.355 e. The van der Waals surface area contributed by atoms with E-state index in [1.807, 2.05) is 22.3 Å². The predicted molar refractivity (Wildman–Crippen MR) is 85.4 cm³/mol. The number of anilines is 1. The summed E-state index contributed by atoms with van der Waals surface area (Å²) in [6.45, 7) is 7.08. The number of hydrogen-bond acceptors (Lipinski definition) is 6. The molecule has 4 heterocycles. The van der Waals surface area contributed by atoms with E-state index in [2.05, 4.69) is 39.3 Å². The standard InChI is InChI=1S/C14H19N7S/c1-8(2)12-17-11-5-4-10(7-20(11)18-12)16-13-19-21-6-9(3)15-14(21)22-13/h6,8,10H,4-5,7H2,1-3H3,(H,16,19)/t10-/m1/s1. The molecule has 4 rings (SSSR count). The maximum absolute atomic E-state index is 4.62. The van der Waals surface area contributed by atoms with Crippen LogP contribution in [0.5, 0.6) is 0 Å². The number of imidazole rings is 1. The van der Waals surface area contributed by atoms with E-state index < -0.39 is 0 Å². The first-order valence-electron chi connectivity index (χ1n) is 7.61. The average molecular weight is 317 g/mol. The summed E-state index contributed by atoms with van der Waals surface area (Å²) in [4.78, 5) is 9.99. The number of fused-ring (bicyclic) bond motifs is 2. The first-order valence-corrected chi connectivity index (χ1v) is 8.43. The lowest BCUT2D eigenvalue weighted by molar-refractivity contribution is 0.439. The molecule has 22 heavy (non-hydrogen) atoms. The smallest absolute Gasteiger partial charge is 0.214 e. The third-order valence-electron chi connectivity index (χ3n) is 3.88. The van der Waals surface area contributed by atoms with Gasteiger partial charge in [-0.1, -0.05) is 25.2 Å².